The Morgan fingerprint density at radius 1 is 1.16 bits per heavy atom. The number of nitrogens with zero attached hydrogens (tertiary/aromatic N) is 2. The van der Waals surface area contributed by atoms with Crippen molar-refractivity contribution >= 4 is 44.9 Å². The quantitative estimate of drug-likeness (QED) is 0.419. The standard InChI is InChI=1S/C24H21N3O2S2/c1-15-4-9-20-21(13-15)31-24(27-20)16-5-7-17(8-6-16)26-22(28)19-3-2-11-25-23(19)29-18-10-12-30-14-18/h2-9,11,13,18H,10,12,14H2,1H3,(H,26,28). The van der Waals surface area contributed by atoms with Gasteiger partial charge in [0.2, 0.25) is 5.88 Å². The fraction of sp³-hybridized carbons (Fsp3) is 0.208. The number of thiazole rings is 1. The monoisotopic (exact) mass is 447 g/mol. The molecule has 0 spiro atoms. The number of nitrogens with one attached hydrogen (secondary N) is 1. The van der Waals surface area contributed by atoms with E-state index in [4.69, 9.17) is 9.72 Å². The summed E-state index contributed by atoms with van der Waals surface area (Å²) >= 11 is 3.54. The zero-order valence-corrected chi connectivity index (χ0v) is 18.6. The maximum absolute atomic E-state index is 12.9. The van der Waals surface area contributed by atoms with Gasteiger partial charge >= 0.3 is 0 Å². The summed E-state index contributed by atoms with van der Waals surface area (Å²) in [5, 5.41) is 3.92. The lowest BCUT2D eigenvalue weighted by Crippen LogP contribution is -2.20. The molecule has 1 aliphatic rings. The molecule has 7 heteroatoms. The molecule has 1 amide bonds. The average Bonchev–Trinajstić information content (AvgIpc) is 3.44. The molecular weight excluding hydrogens is 426 g/mol. The summed E-state index contributed by atoms with van der Waals surface area (Å²) in [6.45, 7) is 2.09. The first-order chi connectivity index (χ1) is 15.2. The zero-order valence-electron chi connectivity index (χ0n) is 17.0. The normalized spacial score (nSPS) is 15.8. The van der Waals surface area contributed by atoms with Crippen LogP contribution in [-0.4, -0.2) is 33.5 Å². The molecule has 2 aromatic carbocycles. The number of benzene rings is 2. The van der Waals surface area contributed by atoms with E-state index in [0.29, 0.717) is 11.4 Å². The van der Waals surface area contributed by atoms with Gasteiger partial charge in [0.25, 0.3) is 5.91 Å². The number of aromatic nitrogens is 2. The topological polar surface area (TPSA) is 64.1 Å². The summed E-state index contributed by atoms with van der Waals surface area (Å²) < 4.78 is 7.16. The van der Waals surface area contributed by atoms with E-state index in [0.717, 1.165) is 39.7 Å². The van der Waals surface area contributed by atoms with Gasteiger partial charge < -0.3 is 10.1 Å². The van der Waals surface area contributed by atoms with Gasteiger partial charge in [0, 0.05) is 23.2 Å². The van der Waals surface area contributed by atoms with Gasteiger partial charge in [-0.05, 0) is 73.2 Å². The number of carbonyl (C=O) groups excluding carboxylic acids is 1. The van der Waals surface area contributed by atoms with E-state index in [1.54, 1.807) is 29.7 Å². The average molecular weight is 448 g/mol. The van der Waals surface area contributed by atoms with Crippen molar-refractivity contribution in [1.82, 2.24) is 9.97 Å². The van der Waals surface area contributed by atoms with Gasteiger partial charge in [0.15, 0.2) is 0 Å². The van der Waals surface area contributed by atoms with E-state index in [1.807, 2.05) is 36.0 Å². The molecule has 5 nitrogen and oxygen atoms in total. The number of anilines is 1. The first kappa shape index (κ1) is 20.0. The predicted molar refractivity (Wildman–Crippen MR) is 128 cm³/mol. The van der Waals surface area contributed by atoms with Crippen molar-refractivity contribution in [1.29, 1.82) is 0 Å². The van der Waals surface area contributed by atoms with Crippen molar-refractivity contribution < 1.29 is 9.53 Å². The number of thioether (sulfide) groups is 1. The lowest BCUT2D eigenvalue weighted by molar-refractivity contribution is 0.101. The number of pyridine rings is 1. The summed E-state index contributed by atoms with van der Waals surface area (Å²) in [5.41, 5.74) is 4.43. The first-order valence-electron chi connectivity index (χ1n) is 10.1. The summed E-state index contributed by atoms with van der Waals surface area (Å²) in [6.07, 6.45) is 2.75. The minimum atomic E-state index is -0.225. The Kier molecular flexibility index (Phi) is 5.61. The van der Waals surface area contributed by atoms with Crippen LogP contribution in [0.2, 0.25) is 0 Å². The van der Waals surface area contributed by atoms with Crippen LogP contribution < -0.4 is 10.1 Å². The molecule has 0 aliphatic carbocycles. The Labute approximate surface area is 188 Å². The van der Waals surface area contributed by atoms with Crippen molar-refractivity contribution in [2.75, 3.05) is 16.8 Å². The SMILES string of the molecule is Cc1ccc2nc(-c3ccc(NC(=O)c4cccnc4OC4CCSC4)cc3)sc2c1. The highest BCUT2D eigenvalue weighted by Crippen LogP contribution is 2.31. The number of amides is 1. The maximum Gasteiger partial charge on any atom is 0.261 e. The van der Waals surface area contributed by atoms with Gasteiger partial charge in [-0.15, -0.1) is 11.3 Å². The van der Waals surface area contributed by atoms with E-state index in [1.165, 1.54) is 10.3 Å². The van der Waals surface area contributed by atoms with Crippen molar-refractivity contribution in [3.05, 3.63) is 71.9 Å². The molecular formula is C24H21N3O2S2. The molecule has 156 valence electrons. The van der Waals surface area contributed by atoms with Crippen LogP contribution in [0.4, 0.5) is 5.69 Å². The molecule has 1 fully saturated rings. The largest absolute Gasteiger partial charge is 0.473 e. The van der Waals surface area contributed by atoms with Gasteiger partial charge in [0.1, 0.15) is 16.7 Å². The van der Waals surface area contributed by atoms with Gasteiger partial charge in [-0.2, -0.15) is 11.8 Å². The number of hydrogen-bond acceptors (Lipinski definition) is 6. The highest BCUT2D eigenvalue weighted by molar-refractivity contribution is 7.99. The smallest absolute Gasteiger partial charge is 0.261 e. The number of ether oxygens (including phenoxy) is 1. The van der Waals surface area contributed by atoms with Crippen molar-refractivity contribution in [3.8, 4) is 16.5 Å². The van der Waals surface area contributed by atoms with Gasteiger partial charge in [-0.25, -0.2) is 9.97 Å². The lowest BCUT2D eigenvalue weighted by Gasteiger charge is -2.14. The molecule has 1 atom stereocenters. The molecule has 0 bridgehead atoms. The van der Waals surface area contributed by atoms with E-state index in [-0.39, 0.29) is 12.0 Å². The molecule has 2 aromatic heterocycles. The second-order valence-corrected chi connectivity index (χ2v) is 9.66. The third-order valence-corrected chi connectivity index (χ3v) is 7.31. The summed E-state index contributed by atoms with van der Waals surface area (Å²) in [4.78, 5) is 21.9. The van der Waals surface area contributed by atoms with Crippen LogP contribution in [0.5, 0.6) is 5.88 Å². The maximum atomic E-state index is 12.9. The molecule has 0 radical (unpaired) electrons. The number of carbonyl (C=O) groups is 1. The van der Waals surface area contributed by atoms with E-state index in [2.05, 4.69) is 35.4 Å². The first-order valence-corrected chi connectivity index (χ1v) is 12.1. The fourth-order valence-corrected chi connectivity index (χ4v) is 5.63. The molecule has 0 saturated carbocycles. The van der Waals surface area contributed by atoms with Gasteiger partial charge in [0.05, 0.1) is 10.2 Å². The number of fused-ring (bicyclic) bond motifs is 1. The highest BCUT2D eigenvalue weighted by Gasteiger charge is 2.21. The molecule has 5 rings (SSSR count). The van der Waals surface area contributed by atoms with Crippen molar-refractivity contribution in [2.24, 2.45) is 0 Å². The molecule has 1 N–H and O–H groups in total. The van der Waals surface area contributed by atoms with E-state index in [9.17, 15) is 4.79 Å². The van der Waals surface area contributed by atoms with Crippen LogP contribution in [0, 0.1) is 6.92 Å². The number of aryl methyl sites for hydroxylation is 1. The molecule has 31 heavy (non-hydrogen) atoms. The predicted octanol–water partition coefficient (Wildman–Crippen LogP) is 5.80. The Balaban J connectivity index is 1.32. The lowest BCUT2D eigenvalue weighted by atomic mass is 10.2. The van der Waals surface area contributed by atoms with Crippen LogP contribution in [0.25, 0.3) is 20.8 Å². The Hall–Kier alpha value is -2.90. The summed E-state index contributed by atoms with van der Waals surface area (Å²) in [5.74, 6) is 2.19. The fourth-order valence-electron chi connectivity index (χ4n) is 3.47. The summed E-state index contributed by atoms with van der Waals surface area (Å²) in [7, 11) is 0. The van der Waals surface area contributed by atoms with Crippen LogP contribution in [-0.2, 0) is 0 Å². The van der Waals surface area contributed by atoms with E-state index < -0.39 is 0 Å². The zero-order chi connectivity index (χ0) is 21.2. The van der Waals surface area contributed by atoms with E-state index >= 15 is 0 Å². The second kappa shape index (κ2) is 8.69. The molecule has 1 saturated heterocycles. The highest BCUT2D eigenvalue weighted by atomic mass is 32.2. The third-order valence-electron chi connectivity index (χ3n) is 5.12. The Bertz CT molecular complexity index is 1230. The molecule has 3 heterocycles. The van der Waals surface area contributed by atoms with Crippen LogP contribution in [0.15, 0.2) is 60.8 Å². The Morgan fingerprint density at radius 2 is 2.03 bits per heavy atom. The molecule has 4 aromatic rings. The van der Waals surface area contributed by atoms with Crippen LogP contribution in [0.1, 0.15) is 22.3 Å². The van der Waals surface area contributed by atoms with Crippen LogP contribution in [0.3, 0.4) is 0 Å². The van der Waals surface area contributed by atoms with Gasteiger partial charge in [-0.1, -0.05) is 6.07 Å². The number of rotatable bonds is 5. The Morgan fingerprint density at radius 3 is 2.84 bits per heavy atom. The molecule has 1 aliphatic heterocycles. The van der Waals surface area contributed by atoms with Crippen molar-refractivity contribution in [2.45, 2.75) is 19.4 Å². The number of hydrogen-bond donors (Lipinski definition) is 1. The molecule has 1 unspecified atom stereocenters. The minimum absolute atomic E-state index is 0.114. The summed E-state index contributed by atoms with van der Waals surface area (Å²) in [6, 6.07) is 17.5. The minimum Gasteiger partial charge on any atom is -0.473 e. The van der Waals surface area contributed by atoms with Gasteiger partial charge in [-0.3, -0.25) is 4.79 Å². The second-order valence-electron chi connectivity index (χ2n) is 7.48. The van der Waals surface area contributed by atoms with Crippen LogP contribution >= 0.6 is 23.1 Å². The van der Waals surface area contributed by atoms with Crippen molar-refractivity contribution in [3.63, 3.8) is 0 Å². The third kappa shape index (κ3) is 4.43.